The van der Waals surface area contributed by atoms with Crippen LogP contribution in [0.5, 0.6) is 0 Å². The second-order valence-electron chi connectivity index (χ2n) is 6.47. The van der Waals surface area contributed by atoms with Crippen LogP contribution in [0.4, 0.5) is 13.2 Å². The van der Waals surface area contributed by atoms with Crippen molar-refractivity contribution >= 4 is 28.8 Å². The van der Waals surface area contributed by atoms with Crippen molar-refractivity contribution in [1.82, 2.24) is 4.90 Å². The van der Waals surface area contributed by atoms with Crippen LogP contribution in [0.2, 0.25) is 4.34 Å². The maximum atomic E-state index is 12.8. The van der Waals surface area contributed by atoms with Gasteiger partial charge in [-0.25, -0.2) is 0 Å². The van der Waals surface area contributed by atoms with E-state index in [0.29, 0.717) is 9.90 Å². The second-order valence-corrected chi connectivity index (χ2v) is 8.16. The predicted molar refractivity (Wildman–Crippen MR) is 83.0 cm³/mol. The topological polar surface area (TPSA) is 49.8 Å². The molecule has 134 valence electrons. The van der Waals surface area contributed by atoms with E-state index in [-0.39, 0.29) is 19.4 Å². The highest BCUT2D eigenvalue weighted by atomic mass is 35.5. The van der Waals surface area contributed by atoms with Crippen molar-refractivity contribution in [2.24, 2.45) is 0 Å². The number of hydrogen-bond acceptors (Lipinski definition) is 4. The van der Waals surface area contributed by atoms with E-state index in [9.17, 15) is 23.1 Å². The molecule has 0 saturated carbocycles. The maximum absolute atomic E-state index is 12.8. The minimum Gasteiger partial charge on any atom is -0.386 e. The van der Waals surface area contributed by atoms with Gasteiger partial charge in [0.1, 0.15) is 11.7 Å². The lowest BCUT2D eigenvalue weighted by Crippen LogP contribution is -2.59. The lowest BCUT2D eigenvalue weighted by molar-refractivity contribution is -0.202. The van der Waals surface area contributed by atoms with Gasteiger partial charge in [0.25, 0.3) is 0 Å². The van der Waals surface area contributed by atoms with E-state index >= 15 is 0 Å². The van der Waals surface area contributed by atoms with E-state index in [2.05, 4.69) is 0 Å². The van der Waals surface area contributed by atoms with Gasteiger partial charge in [0.15, 0.2) is 0 Å². The van der Waals surface area contributed by atoms with Crippen molar-refractivity contribution in [1.29, 1.82) is 0 Å². The molecular formula is C15H17ClF3NO3S. The van der Waals surface area contributed by atoms with Crippen molar-refractivity contribution in [2.45, 2.75) is 56.7 Å². The first kappa shape index (κ1) is 18.0. The average Bonchev–Trinajstić information content (AvgIpc) is 2.85. The van der Waals surface area contributed by atoms with Crippen LogP contribution in [-0.4, -0.2) is 40.8 Å². The maximum Gasteiger partial charge on any atom is 0.471 e. The molecule has 1 fully saturated rings. The zero-order valence-electron chi connectivity index (χ0n) is 13.1. The number of alkyl halides is 3. The highest BCUT2D eigenvalue weighted by Gasteiger charge is 2.54. The van der Waals surface area contributed by atoms with Crippen LogP contribution in [0.15, 0.2) is 6.07 Å². The van der Waals surface area contributed by atoms with Crippen LogP contribution in [0.1, 0.15) is 43.2 Å². The largest absolute Gasteiger partial charge is 0.471 e. The fourth-order valence-electron chi connectivity index (χ4n) is 3.89. The summed E-state index contributed by atoms with van der Waals surface area (Å²) in [5.41, 5.74) is -0.139. The highest BCUT2D eigenvalue weighted by molar-refractivity contribution is 7.16. The molecule has 0 aliphatic carbocycles. The molecular weight excluding hydrogens is 367 g/mol. The molecule has 1 amide bonds. The van der Waals surface area contributed by atoms with Crippen LogP contribution in [0.3, 0.4) is 0 Å². The number of halogens is 4. The zero-order valence-corrected chi connectivity index (χ0v) is 14.6. The van der Waals surface area contributed by atoms with E-state index in [1.165, 1.54) is 11.3 Å². The second kappa shape index (κ2) is 5.86. The lowest BCUT2D eigenvalue weighted by Gasteiger charge is -2.50. The first-order valence-electron chi connectivity index (χ1n) is 7.56. The summed E-state index contributed by atoms with van der Waals surface area (Å²) in [6, 6.07) is 0.387. The van der Waals surface area contributed by atoms with Gasteiger partial charge >= 0.3 is 12.1 Å². The summed E-state index contributed by atoms with van der Waals surface area (Å²) in [5.74, 6) is -1.82. The van der Waals surface area contributed by atoms with Gasteiger partial charge < -0.3 is 14.7 Å². The van der Waals surface area contributed by atoms with Crippen LogP contribution >= 0.6 is 22.9 Å². The fourth-order valence-corrected chi connectivity index (χ4v) is 5.34. The molecule has 1 saturated heterocycles. The smallest absolute Gasteiger partial charge is 0.386 e. The lowest BCUT2D eigenvalue weighted by atomic mass is 9.78. The Hall–Kier alpha value is -0.830. The van der Waals surface area contributed by atoms with Crippen molar-refractivity contribution < 1.29 is 27.8 Å². The average molecular weight is 384 g/mol. The number of hydrogen-bond donors (Lipinski definition) is 1. The Balaban J connectivity index is 1.94. The zero-order chi connectivity index (χ0) is 17.9. The number of carbonyl (C=O) groups excluding carboxylic acids is 1. The number of likely N-dealkylation sites (tertiary alicyclic amines) is 1. The number of amides is 1. The monoisotopic (exact) mass is 383 g/mol. The van der Waals surface area contributed by atoms with Gasteiger partial charge in [-0.3, -0.25) is 4.79 Å². The molecule has 2 unspecified atom stereocenters. The van der Waals surface area contributed by atoms with Gasteiger partial charge in [0.2, 0.25) is 0 Å². The van der Waals surface area contributed by atoms with Crippen molar-refractivity contribution in [3.8, 4) is 0 Å². The molecule has 2 aliphatic heterocycles. The molecule has 0 aromatic carbocycles. The number of fused-ring (bicyclic) bond motifs is 2. The summed E-state index contributed by atoms with van der Waals surface area (Å²) >= 11 is 7.34. The number of aliphatic hydroxyl groups excluding tert-OH is 1. The van der Waals surface area contributed by atoms with E-state index in [1.807, 2.05) is 0 Å². The summed E-state index contributed by atoms with van der Waals surface area (Å²) in [6.45, 7) is 3.24. The Bertz CT molecular complexity index is 651. The number of thiophene rings is 1. The summed E-state index contributed by atoms with van der Waals surface area (Å²) in [7, 11) is 0. The molecule has 4 nitrogen and oxygen atoms in total. The van der Waals surface area contributed by atoms with Crippen molar-refractivity contribution in [2.75, 3.05) is 6.61 Å². The third kappa shape index (κ3) is 2.83. The third-order valence-electron chi connectivity index (χ3n) is 4.70. The Kier molecular flexibility index (Phi) is 4.39. The van der Waals surface area contributed by atoms with Crippen molar-refractivity contribution in [3.63, 3.8) is 0 Å². The number of ether oxygens (including phenoxy) is 1. The Morgan fingerprint density at radius 2 is 2.00 bits per heavy atom. The number of carbonyl (C=O) groups is 1. The molecule has 1 aromatic rings. The Morgan fingerprint density at radius 3 is 2.54 bits per heavy atom. The molecule has 24 heavy (non-hydrogen) atoms. The van der Waals surface area contributed by atoms with Gasteiger partial charge in [0.05, 0.1) is 10.9 Å². The minimum atomic E-state index is -4.89. The normalized spacial score (nSPS) is 33.6. The van der Waals surface area contributed by atoms with Crippen LogP contribution in [0.25, 0.3) is 0 Å². The SMILES string of the molecule is C[C@@H]1CC2(C[C@H](C)N1C(=O)C(F)(F)F)OCC(O)c1cc(Cl)sc12. The highest BCUT2D eigenvalue weighted by Crippen LogP contribution is 2.51. The quantitative estimate of drug-likeness (QED) is 0.744. The van der Waals surface area contributed by atoms with E-state index in [0.717, 1.165) is 9.78 Å². The van der Waals surface area contributed by atoms with Gasteiger partial charge in [0, 0.05) is 35.4 Å². The van der Waals surface area contributed by atoms with Crippen LogP contribution in [-0.2, 0) is 15.1 Å². The summed E-state index contributed by atoms with van der Waals surface area (Å²) in [6.07, 6.45) is -5.23. The van der Waals surface area contributed by atoms with E-state index < -0.39 is 35.9 Å². The number of piperidine rings is 1. The number of rotatable bonds is 0. The summed E-state index contributed by atoms with van der Waals surface area (Å²) in [5, 5.41) is 10.1. The van der Waals surface area contributed by atoms with Gasteiger partial charge in [-0.1, -0.05) is 11.6 Å². The molecule has 3 rings (SSSR count). The Labute approximate surface area is 146 Å². The molecule has 1 aromatic heterocycles. The van der Waals surface area contributed by atoms with Crippen LogP contribution < -0.4 is 0 Å². The molecule has 1 N–H and O–H groups in total. The molecule has 9 heteroatoms. The standard InChI is InChI=1S/C15H17ClF3NO3S/c1-7-4-14(5-8(2)20(7)13(22)15(17,18)19)12-9(3-11(16)24-12)10(21)6-23-14/h3,7-8,10,21H,4-6H2,1-2H3/t7-,8+,10?,14?. The van der Waals surface area contributed by atoms with Crippen molar-refractivity contribution in [3.05, 3.63) is 20.8 Å². The van der Waals surface area contributed by atoms with Gasteiger partial charge in [-0.05, 0) is 19.9 Å². The fraction of sp³-hybridized carbons (Fsp3) is 0.667. The number of aliphatic hydroxyl groups is 1. The molecule has 4 atom stereocenters. The predicted octanol–water partition coefficient (Wildman–Crippen LogP) is 3.62. The molecule has 1 spiro atoms. The van der Waals surface area contributed by atoms with Gasteiger partial charge in [-0.15, -0.1) is 11.3 Å². The van der Waals surface area contributed by atoms with Gasteiger partial charge in [-0.2, -0.15) is 13.2 Å². The number of nitrogens with zero attached hydrogens (tertiary/aromatic N) is 1. The first-order chi connectivity index (χ1) is 11.0. The molecule has 0 bridgehead atoms. The summed E-state index contributed by atoms with van der Waals surface area (Å²) in [4.78, 5) is 13.4. The van der Waals surface area contributed by atoms with E-state index in [1.54, 1.807) is 19.9 Å². The molecule has 3 heterocycles. The van der Waals surface area contributed by atoms with Crippen LogP contribution in [0, 0.1) is 0 Å². The summed E-state index contributed by atoms with van der Waals surface area (Å²) < 4.78 is 44.9. The molecule has 0 radical (unpaired) electrons. The molecule has 2 aliphatic rings. The minimum absolute atomic E-state index is 0.0622. The Morgan fingerprint density at radius 1 is 1.42 bits per heavy atom. The van der Waals surface area contributed by atoms with E-state index in [4.69, 9.17) is 16.3 Å². The first-order valence-corrected chi connectivity index (χ1v) is 8.76. The third-order valence-corrected chi connectivity index (χ3v) is 6.16.